The Bertz CT molecular complexity index is 479. The van der Waals surface area contributed by atoms with E-state index in [1.807, 2.05) is 47.6 Å². The van der Waals surface area contributed by atoms with Crippen molar-refractivity contribution in [2.75, 3.05) is 0 Å². The van der Waals surface area contributed by atoms with Gasteiger partial charge in [0.1, 0.15) is 11.3 Å². The largest absolute Gasteiger partial charge is 0.507 e. The van der Waals surface area contributed by atoms with Gasteiger partial charge in [-0.3, -0.25) is 0 Å². The average molecular weight is 309 g/mol. The molecule has 0 spiro atoms. The summed E-state index contributed by atoms with van der Waals surface area (Å²) in [5, 5.41) is 19.3. The van der Waals surface area contributed by atoms with Gasteiger partial charge in [-0.2, -0.15) is 0 Å². The number of aromatic carboxylic acids is 1. The predicted molar refractivity (Wildman–Crippen MR) is 72.5 cm³/mol. The van der Waals surface area contributed by atoms with Gasteiger partial charge in [-0.1, -0.05) is 47.6 Å². The van der Waals surface area contributed by atoms with E-state index in [4.69, 9.17) is 0 Å². The molecule has 19 heavy (non-hydrogen) atoms. The van der Waals surface area contributed by atoms with Gasteiger partial charge in [0, 0.05) is 22.3 Å². The second-order valence-electron chi connectivity index (χ2n) is 6.73. The van der Waals surface area contributed by atoms with Crippen LogP contribution in [0.4, 0.5) is 0 Å². The zero-order valence-electron chi connectivity index (χ0n) is 12.3. The number of carbonyl (C=O) groups is 1. The van der Waals surface area contributed by atoms with Crippen LogP contribution in [-0.4, -0.2) is 16.2 Å². The van der Waals surface area contributed by atoms with E-state index in [1.54, 1.807) is 6.07 Å². The Labute approximate surface area is 125 Å². The van der Waals surface area contributed by atoms with Crippen molar-refractivity contribution in [3.63, 3.8) is 0 Å². The summed E-state index contributed by atoms with van der Waals surface area (Å²) in [5.41, 5.74) is 1.12. The van der Waals surface area contributed by atoms with Crippen LogP contribution in [0.25, 0.3) is 0 Å². The fourth-order valence-corrected chi connectivity index (χ4v) is 1.80. The normalized spacial score (nSPS) is 11.9. The van der Waals surface area contributed by atoms with Gasteiger partial charge in [-0.05, 0) is 22.5 Å². The maximum absolute atomic E-state index is 11.2. The van der Waals surface area contributed by atoms with Crippen molar-refractivity contribution in [1.82, 2.24) is 0 Å². The van der Waals surface area contributed by atoms with Crippen LogP contribution in [0, 0.1) is 0 Å². The molecule has 1 aromatic carbocycles. The molecule has 0 unspecified atom stereocenters. The molecule has 0 aliphatic carbocycles. The van der Waals surface area contributed by atoms with Crippen LogP contribution >= 0.6 is 0 Å². The Balaban J connectivity index is 0.00000324. The molecule has 0 fully saturated rings. The first-order valence-electron chi connectivity index (χ1n) is 6.06. The molecule has 3 nitrogen and oxygen atoms in total. The summed E-state index contributed by atoms with van der Waals surface area (Å²) < 4.78 is 0. The van der Waals surface area contributed by atoms with Gasteiger partial charge < -0.3 is 10.2 Å². The number of carboxylic acid groups (broad SMARTS) is 1. The van der Waals surface area contributed by atoms with Crippen LogP contribution in [0.5, 0.6) is 5.75 Å². The third kappa shape index (κ3) is 3.98. The van der Waals surface area contributed by atoms with Crippen LogP contribution in [0.1, 0.15) is 63.0 Å². The van der Waals surface area contributed by atoms with Crippen LogP contribution in [0.15, 0.2) is 12.1 Å². The molecule has 1 aromatic rings. The number of benzene rings is 1. The minimum absolute atomic E-state index is 0. The van der Waals surface area contributed by atoms with Crippen molar-refractivity contribution >= 4 is 5.97 Å². The minimum Gasteiger partial charge on any atom is -0.507 e. The summed E-state index contributed by atoms with van der Waals surface area (Å²) in [6, 6.07) is 3.47. The van der Waals surface area contributed by atoms with Gasteiger partial charge in [-0.25, -0.2) is 4.79 Å². The second-order valence-corrected chi connectivity index (χ2v) is 6.73. The van der Waals surface area contributed by atoms with Gasteiger partial charge in [0.2, 0.25) is 0 Å². The molecule has 109 valence electrons. The third-order valence-corrected chi connectivity index (χ3v) is 3.01. The quantitative estimate of drug-likeness (QED) is 0.832. The van der Waals surface area contributed by atoms with Gasteiger partial charge in [0.25, 0.3) is 0 Å². The number of hydrogen-bond donors (Lipinski definition) is 2. The number of rotatable bonds is 1. The zero-order valence-corrected chi connectivity index (χ0v) is 13.3. The topological polar surface area (TPSA) is 57.5 Å². The van der Waals surface area contributed by atoms with Gasteiger partial charge >= 0.3 is 5.97 Å². The van der Waals surface area contributed by atoms with Crippen molar-refractivity contribution in [3.8, 4) is 5.75 Å². The SMILES string of the molecule is CC(C)(C)c1cc(C(=O)O)c(O)c(C(C)(C)C)c1.[Co]. The smallest absolute Gasteiger partial charge is 0.339 e. The molecule has 0 atom stereocenters. The standard InChI is InChI=1S/C15H22O3.Co/c1-14(2,3)9-7-10(13(17)18)12(16)11(8-9)15(4,5)6;/h7-8,16H,1-6H3,(H,17,18);. The molecule has 0 aliphatic rings. The maximum Gasteiger partial charge on any atom is 0.339 e. The molecule has 0 heterocycles. The first-order valence-corrected chi connectivity index (χ1v) is 6.06. The molecular weight excluding hydrogens is 287 g/mol. The van der Waals surface area contributed by atoms with Crippen LogP contribution < -0.4 is 0 Å². The van der Waals surface area contributed by atoms with Crippen molar-refractivity contribution in [2.45, 2.75) is 52.4 Å². The van der Waals surface area contributed by atoms with Crippen molar-refractivity contribution in [2.24, 2.45) is 0 Å². The summed E-state index contributed by atoms with van der Waals surface area (Å²) in [7, 11) is 0. The molecule has 0 saturated heterocycles. The Morgan fingerprint density at radius 2 is 1.47 bits per heavy atom. The van der Waals surface area contributed by atoms with Crippen molar-refractivity contribution in [1.29, 1.82) is 0 Å². The van der Waals surface area contributed by atoms with Gasteiger partial charge in [0.15, 0.2) is 0 Å². The Hall–Kier alpha value is -1.00. The molecule has 2 N–H and O–H groups in total. The van der Waals surface area contributed by atoms with E-state index in [2.05, 4.69) is 0 Å². The van der Waals surface area contributed by atoms with Gasteiger partial charge in [-0.15, -0.1) is 0 Å². The molecule has 0 aromatic heterocycles. The van der Waals surface area contributed by atoms with Crippen molar-refractivity contribution in [3.05, 3.63) is 28.8 Å². The van der Waals surface area contributed by atoms with E-state index in [0.29, 0.717) is 5.56 Å². The summed E-state index contributed by atoms with van der Waals surface area (Å²) in [5.74, 6) is -1.22. The van der Waals surface area contributed by atoms with Crippen molar-refractivity contribution < 1.29 is 31.8 Å². The summed E-state index contributed by atoms with van der Waals surface area (Å²) in [4.78, 5) is 11.2. The van der Waals surface area contributed by atoms with E-state index in [1.165, 1.54) is 0 Å². The van der Waals surface area contributed by atoms with Gasteiger partial charge in [0.05, 0.1) is 0 Å². The summed E-state index contributed by atoms with van der Waals surface area (Å²) >= 11 is 0. The Kier molecular flexibility index (Phi) is 5.26. The molecule has 4 heteroatoms. The molecule has 0 amide bonds. The predicted octanol–water partition coefficient (Wildman–Crippen LogP) is 3.68. The van der Waals surface area contributed by atoms with Crippen LogP contribution in [0.2, 0.25) is 0 Å². The number of aromatic hydroxyl groups is 1. The summed E-state index contributed by atoms with van der Waals surface area (Å²) in [6.07, 6.45) is 0. The molecule has 0 saturated carbocycles. The summed E-state index contributed by atoms with van der Waals surface area (Å²) in [6.45, 7) is 12.0. The fourth-order valence-electron chi connectivity index (χ4n) is 1.80. The number of phenols is 1. The first kappa shape index (κ1) is 18.0. The maximum atomic E-state index is 11.2. The van der Waals surface area contributed by atoms with Crippen LogP contribution in [0.3, 0.4) is 0 Å². The van der Waals surface area contributed by atoms with E-state index in [9.17, 15) is 15.0 Å². The zero-order chi connectivity index (χ0) is 14.3. The Morgan fingerprint density at radius 1 is 1.00 bits per heavy atom. The minimum atomic E-state index is -1.09. The molecule has 1 rings (SSSR count). The third-order valence-electron chi connectivity index (χ3n) is 3.01. The molecule has 0 bridgehead atoms. The average Bonchev–Trinajstić information content (AvgIpc) is 2.13. The van der Waals surface area contributed by atoms with E-state index in [-0.39, 0.29) is 38.9 Å². The Morgan fingerprint density at radius 3 is 1.79 bits per heavy atom. The molecular formula is C15H22CoO3. The molecule has 1 radical (unpaired) electrons. The number of carboxylic acids is 1. The molecule has 0 aliphatic heterocycles. The monoisotopic (exact) mass is 309 g/mol. The second kappa shape index (κ2) is 5.55. The first-order chi connectivity index (χ1) is 7.94. The van der Waals surface area contributed by atoms with Crippen LogP contribution in [-0.2, 0) is 27.6 Å². The van der Waals surface area contributed by atoms with E-state index < -0.39 is 5.97 Å². The number of hydrogen-bond acceptors (Lipinski definition) is 2. The van der Waals surface area contributed by atoms with E-state index >= 15 is 0 Å². The fraction of sp³-hybridized carbons (Fsp3) is 0.533. The van der Waals surface area contributed by atoms with E-state index in [0.717, 1.165) is 5.56 Å².